The van der Waals surface area contributed by atoms with Crippen molar-refractivity contribution < 1.29 is 65.8 Å². The van der Waals surface area contributed by atoms with Gasteiger partial charge < -0.3 is 34.6 Å². The Bertz CT molecular complexity index is 1800. The molecule has 0 aliphatic heterocycles. The minimum Gasteiger partial charge on any atom is -0.488 e. The number of carbonyl (C=O) groups excluding carboxylic acids is 1. The topological polar surface area (TPSA) is 144 Å². The molecule has 0 bridgehead atoms. The molecule has 0 aliphatic rings. The van der Waals surface area contributed by atoms with Gasteiger partial charge in [-0.1, -0.05) is 41.4 Å². The smallest absolute Gasteiger partial charge is 0.435 e. The maximum absolute atomic E-state index is 14.0. The van der Waals surface area contributed by atoms with E-state index in [0.717, 1.165) is 23.9 Å². The van der Waals surface area contributed by atoms with Crippen molar-refractivity contribution in [2.75, 3.05) is 19.8 Å². The molecule has 1 aromatic heterocycles. The Hall–Kier alpha value is -3.90. The van der Waals surface area contributed by atoms with Gasteiger partial charge in [-0.3, -0.25) is 4.68 Å². The van der Waals surface area contributed by atoms with Crippen LogP contribution in [0.3, 0.4) is 0 Å². The predicted octanol–water partition coefficient (Wildman–Crippen LogP) is 5.67. The van der Waals surface area contributed by atoms with Crippen LogP contribution in [0.5, 0.6) is 11.5 Å². The van der Waals surface area contributed by atoms with Crippen LogP contribution in [0.4, 0.5) is 26.3 Å². The van der Waals surface area contributed by atoms with E-state index in [4.69, 9.17) is 42.5 Å². The first-order chi connectivity index (χ1) is 23.4. The Morgan fingerprint density at radius 2 is 1.60 bits per heavy atom. The lowest BCUT2D eigenvalue weighted by atomic mass is 9.96. The summed E-state index contributed by atoms with van der Waals surface area (Å²) in [6.07, 6.45) is -15.6. The highest BCUT2D eigenvalue weighted by Crippen LogP contribution is 2.48. The monoisotopic (exact) mass is 752 g/mol. The summed E-state index contributed by atoms with van der Waals surface area (Å²) in [6.45, 7) is -2.14. The van der Waals surface area contributed by atoms with E-state index in [0.29, 0.717) is 22.7 Å². The van der Waals surface area contributed by atoms with Gasteiger partial charge in [0.25, 0.3) is 0 Å². The van der Waals surface area contributed by atoms with E-state index in [-0.39, 0.29) is 34.7 Å². The Labute approximate surface area is 290 Å². The van der Waals surface area contributed by atoms with E-state index in [1.807, 2.05) is 0 Å². The number of aliphatic hydroxyl groups excluding tert-OH is 4. The molecule has 3 aromatic carbocycles. The van der Waals surface area contributed by atoms with Crippen molar-refractivity contribution >= 4 is 29.2 Å². The summed E-state index contributed by atoms with van der Waals surface area (Å²) >= 11 is 11.8. The molecule has 0 fully saturated rings. The molecule has 0 radical (unpaired) electrons. The normalized spacial score (nSPS) is 13.9. The Morgan fingerprint density at radius 3 is 2.20 bits per heavy atom. The van der Waals surface area contributed by atoms with Gasteiger partial charge in [0.05, 0.1) is 41.7 Å². The lowest BCUT2D eigenvalue weighted by Crippen LogP contribution is -2.40. The highest BCUT2D eigenvalue weighted by molar-refractivity contribution is 6.31. The number of halogens is 8. The summed E-state index contributed by atoms with van der Waals surface area (Å²) in [6, 6.07) is 11.9. The number of rotatable bonds is 13. The lowest BCUT2D eigenvalue weighted by Gasteiger charge is -2.22. The number of hydrogen-bond acceptors (Lipinski definition) is 9. The molecule has 18 heteroatoms. The number of aromatic nitrogens is 2. The third-order valence-corrected chi connectivity index (χ3v) is 7.63. The van der Waals surface area contributed by atoms with Gasteiger partial charge in [-0.15, -0.1) is 0 Å². The maximum atomic E-state index is 14.0. The predicted molar refractivity (Wildman–Crippen MR) is 166 cm³/mol. The van der Waals surface area contributed by atoms with Gasteiger partial charge in [0.15, 0.2) is 17.5 Å². The fourth-order valence-electron chi connectivity index (χ4n) is 4.55. The molecule has 4 aromatic rings. The summed E-state index contributed by atoms with van der Waals surface area (Å²) in [5, 5.41) is 42.5. The number of nitrogens with zero attached hydrogens (tertiary/aromatic N) is 2. The van der Waals surface area contributed by atoms with Gasteiger partial charge in [0.1, 0.15) is 24.6 Å². The Balaban J connectivity index is 1.91. The molecule has 1 heterocycles. The first kappa shape index (κ1) is 38.9. The molecular formula is C32H28Cl2F6N2O8. The molecule has 4 rings (SSSR count). The van der Waals surface area contributed by atoms with Crippen LogP contribution >= 0.6 is 23.2 Å². The second-order valence-electron chi connectivity index (χ2n) is 10.8. The van der Waals surface area contributed by atoms with Gasteiger partial charge in [-0.2, -0.15) is 31.4 Å². The van der Waals surface area contributed by atoms with Crippen molar-refractivity contribution in [3.05, 3.63) is 87.5 Å². The van der Waals surface area contributed by atoms with E-state index in [9.17, 15) is 46.5 Å². The van der Waals surface area contributed by atoms with Crippen molar-refractivity contribution in [3.8, 4) is 33.9 Å². The summed E-state index contributed by atoms with van der Waals surface area (Å²) < 4.78 is 100. The highest BCUT2D eigenvalue weighted by atomic mass is 35.5. The Kier molecular flexibility index (Phi) is 12.4. The summed E-state index contributed by atoms with van der Waals surface area (Å²) in [5.74, 6) is -2.47. The zero-order valence-electron chi connectivity index (χ0n) is 25.7. The van der Waals surface area contributed by atoms with Crippen LogP contribution in [-0.4, -0.2) is 74.3 Å². The number of hydrogen-bond donors (Lipinski definition) is 4. The minimum absolute atomic E-state index is 0.209. The quantitative estimate of drug-likeness (QED) is 0.0772. The average molecular weight is 753 g/mol. The number of carbonyl (C=O) groups is 1. The van der Waals surface area contributed by atoms with Gasteiger partial charge in [-0.05, 0) is 53.6 Å². The molecule has 0 aliphatic carbocycles. The van der Waals surface area contributed by atoms with Gasteiger partial charge >= 0.3 is 18.3 Å². The molecule has 0 spiro atoms. The number of benzene rings is 3. The van der Waals surface area contributed by atoms with Gasteiger partial charge in [-0.25, -0.2) is 4.79 Å². The van der Waals surface area contributed by atoms with Crippen molar-refractivity contribution in [1.29, 1.82) is 0 Å². The SMILES string of the molecule is Cn1nc(C(F)(F)F)cc1-c1ccc(OCc2ccc(Cl)cc2)c(-c2ccc(Cl)c(C(F)(F)F)c2)c1OC(=O)C(O)C(O)COCC(O)CO. The fraction of sp³-hybridized carbons (Fsp3) is 0.312. The molecule has 3 unspecified atom stereocenters. The lowest BCUT2D eigenvalue weighted by molar-refractivity contribution is -0.153. The second kappa shape index (κ2) is 16.0. The van der Waals surface area contributed by atoms with Crippen LogP contribution in [0, 0.1) is 0 Å². The molecule has 0 amide bonds. The number of aryl methyl sites for hydroxylation is 1. The van der Waals surface area contributed by atoms with E-state index in [1.165, 1.54) is 12.1 Å². The molecule has 0 saturated carbocycles. The standard InChI is InChI=1S/C32H28Cl2F6N2O8/c1-42-23(11-26(41-42)32(38,39)40)20-7-9-25(49-13-16-2-5-18(33)6-3-16)27(17-4-8-22(34)21(10-17)31(35,36)37)29(20)50-30(47)28(46)24(45)15-48-14-19(44)12-43/h2-11,19,24,28,43-46H,12-15H2,1H3. The average Bonchev–Trinajstić information content (AvgIpc) is 3.45. The third kappa shape index (κ3) is 9.45. The van der Waals surface area contributed by atoms with Crippen LogP contribution in [0.15, 0.2) is 60.7 Å². The summed E-state index contributed by atoms with van der Waals surface area (Å²) in [4.78, 5) is 13.3. The zero-order valence-corrected chi connectivity index (χ0v) is 27.2. The van der Waals surface area contributed by atoms with Crippen LogP contribution in [0.2, 0.25) is 10.0 Å². The highest BCUT2D eigenvalue weighted by Gasteiger charge is 2.37. The second-order valence-corrected chi connectivity index (χ2v) is 11.6. The maximum Gasteiger partial charge on any atom is 0.435 e. The van der Waals surface area contributed by atoms with Crippen molar-refractivity contribution in [2.45, 2.75) is 37.3 Å². The van der Waals surface area contributed by atoms with Crippen molar-refractivity contribution in [3.63, 3.8) is 0 Å². The summed E-state index contributed by atoms with van der Waals surface area (Å²) in [5.41, 5.74) is -3.41. The van der Waals surface area contributed by atoms with Crippen LogP contribution in [0.1, 0.15) is 16.8 Å². The number of alkyl halides is 6. The van der Waals surface area contributed by atoms with Gasteiger partial charge in [0.2, 0.25) is 0 Å². The molecule has 270 valence electrons. The van der Waals surface area contributed by atoms with Crippen molar-refractivity contribution in [1.82, 2.24) is 9.78 Å². The molecule has 10 nitrogen and oxygen atoms in total. The Morgan fingerprint density at radius 1 is 0.920 bits per heavy atom. The molecule has 4 N–H and O–H groups in total. The van der Waals surface area contributed by atoms with Crippen LogP contribution in [-0.2, 0) is 35.5 Å². The third-order valence-electron chi connectivity index (χ3n) is 7.05. The minimum atomic E-state index is -4.97. The number of ether oxygens (including phenoxy) is 3. The van der Waals surface area contributed by atoms with Crippen molar-refractivity contribution in [2.24, 2.45) is 7.05 Å². The number of esters is 1. The molecular weight excluding hydrogens is 725 g/mol. The van der Waals surface area contributed by atoms with Crippen LogP contribution in [0.25, 0.3) is 22.4 Å². The van der Waals surface area contributed by atoms with Crippen LogP contribution < -0.4 is 9.47 Å². The van der Waals surface area contributed by atoms with E-state index in [2.05, 4.69) is 5.10 Å². The van der Waals surface area contributed by atoms with Gasteiger partial charge in [0, 0.05) is 17.6 Å². The van der Waals surface area contributed by atoms with E-state index in [1.54, 1.807) is 24.3 Å². The fourth-order valence-corrected chi connectivity index (χ4v) is 4.90. The van der Waals surface area contributed by atoms with E-state index >= 15 is 0 Å². The molecule has 0 saturated heterocycles. The largest absolute Gasteiger partial charge is 0.488 e. The van der Waals surface area contributed by atoms with E-state index < -0.39 is 78.5 Å². The first-order valence-electron chi connectivity index (χ1n) is 14.4. The number of aliphatic hydroxyl groups is 4. The summed E-state index contributed by atoms with van der Waals surface area (Å²) in [7, 11) is 1.14. The zero-order chi connectivity index (χ0) is 37.0. The molecule has 50 heavy (non-hydrogen) atoms. The molecule has 3 atom stereocenters. The first-order valence-corrected chi connectivity index (χ1v) is 15.1.